The average Bonchev–Trinajstić information content (AvgIpc) is 3.92. The molecule has 0 aliphatic carbocycles. The van der Waals surface area contributed by atoms with Gasteiger partial charge in [-0.15, -0.1) is 0 Å². The zero-order chi connectivity index (χ0) is 54.3. The zero-order valence-corrected chi connectivity index (χ0v) is 44.3. The summed E-state index contributed by atoms with van der Waals surface area (Å²) in [6, 6.07) is 76.3. The van der Waals surface area contributed by atoms with Crippen molar-refractivity contribution in [2.45, 2.75) is 40.8 Å². The number of aromatic nitrogens is 2. The Labute approximate surface area is 457 Å². The maximum Gasteiger partial charge on any atom is 0.417 e. The predicted octanol–water partition coefficient (Wildman–Crippen LogP) is 21.0. The fourth-order valence-electron chi connectivity index (χ4n) is 11.9. The van der Waals surface area contributed by atoms with Crippen LogP contribution in [0.1, 0.15) is 33.4 Å². The third-order valence-electron chi connectivity index (χ3n) is 15.6. The van der Waals surface area contributed by atoms with Gasteiger partial charge in [-0.3, -0.25) is 0 Å². The molecule has 0 fully saturated rings. The third-order valence-corrected chi connectivity index (χ3v) is 15.6. The van der Waals surface area contributed by atoms with Crippen molar-refractivity contribution in [2.75, 3.05) is 0 Å². The molecule has 0 aliphatic heterocycles. The van der Waals surface area contributed by atoms with E-state index in [1.807, 2.05) is 36.4 Å². The van der Waals surface area contributed by atoms with E-state index in [-0.39, 0.29) is 5.56 Å². The number of rotatable bonds is 8. The number of alkyl halides is 3. The number of aryl methyl sites for hydroxylation is 5. The monoisotopic (exact) mass is 1030 g/mol. The van der Waals surface area contributed by atoms with Gasteiger partial charge >= 0.3 is 6.18 Å². The highest BCUT2D eigenvalue weighted by atomic mass is 19.4. The van der Waals surface area contributed by atoms with Crippen LogP contribution in [-0.4, -0.2) is 9.13 Å². The molecule has 0 aliphatic rings. The Morgan fingerprint density at radius 1 is 0.329 bits per heavy atom. The van der Waals surface area contributed by atoms with Gasteiger partial charge in [-0.2, -0.15) is 13.2 Å². The van der Waals surface area contributed by atoms with Gasteiger partial charge in [0.15, 0.2) is 5.69 Å². The first-order chi connectivity index (χ1) is 38.3. The molecule has 13 rings (SSSR count). The second kappa shape index (κ2) is 19.1. The number of hydrogen-bond acceptors (Lipinski definition) is 0. The molecule has 0 saturated heterocycles. The van der Waals surface area contributed by atoms with Gasteiger partial charge in [0.05, 0.1) is 39.9 Å². The van der Waals surface area contributed by atoms with Crippen molar-refractivity contribution < 1.29 is 13.2 Å². The van der Waals surface area contributed by atoms with Crippen molar-refractivity contribution in [1.82, 2.24) is 9.13 Å². The Kier molecular flexibility index (Phi) is 11.8. The Morgan fingerprint density at radius 2 is 0.722 bits per heavy atom. The van der Waals surface area contributed by atoms with E-state index in [4.69, 9.17) is 6.57 Å². The minimum Gasteiger partial charge on any atom is -0.309 e. The molecule has 0 bridgehead atoms. The van der Waals surface area contributed by atoms with Crippen molar-refractivity contribution in [3.8, 4) is 78.1 Å². The molecule has 2 aromatic heterocycles. The van der Waals surface area contributed by atoms with E-state index in [2.05, 4.69) is 212 Å². The normalized spacial score (nSPS) is 11.8. The van der Waals surface area contributed by atoms with Crippen molar-refractivity contribution >= 4 is 49.3 Å². The Balaban J connectivity index is 1.11. The number of benzene rings is 11. The summed E-state index contributed by atoms with van der Waals surface area (Å²) in [5, 5.41) is 4.14. The van der Waals surface area contributed by atoms with Gasteiger partial charge in [-0.25, -0.2) is 4.85 Å². The minimum atomic E-state index is -4.66. The summed E-state index contributed by atoms with van der Waals surface area (Å²) in [5.74, 6) is 0. The molecule has 0 radical (unpaired) electrons. The number of halogens is 3. The average molecular weight is 1030 g/mol. The van der Waals surface area contributed by atoms with E-state index in [0.29, 0.717) is 27.9 Å². The molecular formula is C73H52F3N3. The van der Waals surface area contributed by atoms with E-state index in [1.54, 1.807) is 19.1 Å². The number of nitrogens with zero attached hydrogens (tertiary/aromatic N) is 3. The van der Waals surface area contributed by atoms with E-state index >= 15 is 13.2 Å². The SMILES string of the molecule is [C-]#[N+]c1ccc(-n2c3ccc(-c4cccc(C)c4)cc3c3cc(-c4cccc(C)c4)ccc32)c(-c2cc(-n3c4ccc(-c5cccc(C)c5)cc4c4cc(-c5cccc(C)c5)ccc43)ccc2-c2ccc(C)cc2C(F)(F)F)c1. The molecule has 0 spiro atoms. The molecule has 6 heteroatoms. The molecule has 0 amide bonds. The van der Waals surface area contributed by atoms with Crippen LogP contribution in [-0.2, 0) is 6.18 Å². The molecule has 0 saturated carbocycles. The lowest BCUT2D eigenvalue weighted by Crippen LogP contribution is -2.08. The van der Waals surface area contributed by atoms with Crippen LogP contribution in [0.5, 0.6) is 0 Å². The highest BCUT2D eigenvalue weighted by Crippen LogP contribution is 2.48. The second-order valence-electron chi connectivity index (χ2n) is 21.2. The van der Waals surface area contributed by atoms with Crippen LogP contribution in [0.25, 0.3) is 127 Å². The predicted molar refractivity (Wildman–Crippen MR) is 323 cm³/mol. The van der Waals surface area contributed by atoms with Crippen LogP contribution in [0, 0.1) is 41.2 Å². The number of fused-ring (bicyclic) bond motifs is 6. The van der Waals surface area contributed by atoms with Crippen LogP contribution in [0.3, 0.4) is 0 Å². The highest BCUT2D eigenvalue weighted by Gasteiger charge is 2.35. The fraction of sp³-hybridized carbons (Fsp3) is 0.0822. The standard InChI is InChI=1S/C73H52F3N3/c1-44-11-7-15-49(33-44)53-20-28-68-62(38-53)63-39-54(50-16-8-12-45(2)34-50)21-29-69(63)78(68)58-25-27-59(60-26-19-48(5)37-67(60)73(74,75)76)61(43-58)66-42-57(77-6)24-32-72(66)79-70-30-22-55(51-17-9-13-46(3)35-51)40-64(70)65-41-56(23-31-71(65)79)52-18-10-14-47(4)36-52/h7-43H,1-5H3. The van der Waals surface area contributed by atoms with E-state index < -0.39 is 11.7 Å². The van der Waals surface area contributed by atoms with Gasteiger partial charge in [0.1, 0.15) is 0 Å². The molecule has 0 unspecified atom stereocenters. The van der Waals surface area contributed by atoms with Gasteiger partial charge in [0, 0.05) is 27.2 Å². The Morgan fingerprint density at radius 3 is 1.13 bits per heavy atom. The zero-order valence-electron chi connectivity index (χ0n) is 44.3. The lowest BCUT2D eigenvalue weighted by Gasteiger charge is -2.21. The molecule has 0 atom stereocenters. The van der Waals surface area contributed by atoms with Gasteiger partial charge in [0.25, 0.3) is 0 Å². The molecule has 0 N–H and O–H groups in total. The van der Waals surface area contributed by atoms with Gasteiger partial charge in [-0.05, 0) is 180 Å². The van der Waals surface area contributed by atoms with Crippen LogP contribution in [0.4, 0.5) is 18.9 Å². The van der Waals surface area contributed by atoms with Gasteiger partial charge in [-0.1, -0.05) is 173 Å². The van der Waals surface area contributed by atoms with E-state index in [0.717, 1.165) is 111 Å². The summed E-state index contributed by atoms with van der Waals surface area (Å²) >= 11 is 0. The van der Waals surface area contributed by atoms with Crippen molar-refractivity contribution in [3.63, 3.8) is 0 Å². The van der Waals surface area contributed by atoms with Crippen LogP contribution >= 0.6 is 0 Å². The highest BCUT2D eigenvalue weighted by molar-refractivity contribution is 6.14. The van der Waals surface area contributed by atoms with Crippen LogP contribution in [0.2, 0.25) is 0 Å². The van der Waals surface area contributed by atoms with Crippen molar-refractivity contribution in [1.29, 1.82) is 0 Å². The molecule has 3 nitrogen and oxygen atoms in total. The molecule has 2 heterocycles. The summed E-state index contributed by atoms with van der Waals surface area (Å²) in [7, 11) is 0. The summed E-state index contributed by atoms with van der Waals surface area (Å²) < 4.78 is 51.1. The van der Waals surface area contributed by atoms with Crippen molar-refractivity contribution in [3.05, 3.63) is 269 Å². The first kappa shape index (κ1) is 48.9. The molecule has 79 heavy (non-hydrogen) atoms. The lowest BCUT2D eigenvalue weighted by molar-refractivity contribution is -0.137. The van der Waals surface area contributed by atoms with Crippen LogP contribution in [0.15, 0.2) is 224 Å². The molecule has 13 aromatic rings. The molecule has 11 aromatic carbocycles. The topological polar surface area (TPSA) is 14.2 Å². The van der Waals surface area contributed by atoms with Crippen LogP contribution < -0.4 is 0 Å². The maximum atomic E-state index is 15.5. The molecular weight excluding hydrogens is 976 g/mol. The third kappa shape index (κ3) is 8.74. The summed E-state index contributed by atoms with van der Waals surface area (Å²) in [5.41, 5.74) is 20.4. The quantitative estimate of drug-likeness (QED) is 0.135. The second-order valence-corrected chi connectivity index (χ2v) is 21.2. The maximum absolute atomic E-state index is 15.5. The molecule has 380 valence electrons. The van der Waals surface area contributed by atoms with E-state index in [1.165, 1.54) is 17.2 Å². The smallest absolute Gasteiger partial charge is 0.309 e. The summed E-state index contributed by atoms with van der Waals surface area (Å²) in [6.07, 6.45) is -4.66. The minimum absolute atomic E-state index is 0.0550. The lowest BCUT2D eigenvalue weighted by atomic mass is 9.89. The van der Waals surface area contributed by atoms with Gasteiger partial charge in [0.2, 0.25) is 0 Å². The number of hydrogen-bond donors (Lipinski definition) is 0. The fourth-order valence-corrected chi connectivity index (χ4v) is 11.9. The first-order valence-corrected chi connectivity index (χ1v) is 26.6. The van der Waals surface area contributed by atoms with Gasteiger partial charge < -0.3 is 9.13 Å². The Hall–Kier alpha value is -9.70. The summed E-state index contributed by atoms with van der Waals surface area (Å²) in [6.45, 7) is 18.5. The largest absolute Gasteiger partial charge is 0.417 e. The Bertz CT molecular complexity index is 4470. The van der Waals surface area contributed by atoms with E-state index in [9.17, 15) is 0 Å². The first-order valence-electron chi connectivity index (χ1n) is 26.6. The van der Waals surface area contributed by atoms with Crippen molar-refractivity contribution in [2.24, 2.45) is 0 Å². The summed E-state index contributed by atoms with van der Waals surface area (Å²) in [4.78, 5) is 3.97.